The third-order valence-corrected chi connectivity index (χ3v) is 7.11. The van der Waals surface area contributed by atoms with Crippen molar-refractivity contribution in [3.63, 3.8) is 0 Å². The van der Waals surface area contributed by atoms with Gasteiger partial charge in [-0.2, -0.15) is 0 Å². The summed E-state index contributed by atoms with van der Waals surface area (Å²) >= 11 is 3.31. The molecular weight excluding hydrogens is 540 g/mol. The molecule has 35 heavy (non-hydrogen) atoms. The van der Waals surface area contributed by atoms with Gasteiger partial charge in [0, 0.05) is 10.2 Å². The normalized spacial score (nSPS) is 10.8. The van der Waals surface area contributed by atoms with Crippen molar-refractivity contribution >= 4 is 55.2 Å². The zero-order chi connectivity index (χ0) is 25.6. The second-order valence-corrected chi connectivity index (χ2v) is 9.91. The first-order valence-electron chi connectivity index (χ1n) is 10.1. The number of nitrogens with zero attached hydrogens (tertiary/aromatic N) is 1. The van der Waals surface area contributed by atoms with Gasteiger partial charge in [-0.15, -0.1) is 0 Å². The number of esters is 2. The van der Waals surface area contributed by atoms with Gasteiger partial charge in [-0.25, -0.2) is 18.0 Å². The number of halogens is 1. The van der Waals surface area contributed by atoms with E-state index in [4.69, 9.17) is 9.47 Å². The first-order chi connectivity index (χ1) is 16.6. The molecule has 3 rings (SSSR count). The fourth-order valence-electron chi connectivity index (χ4n) is 3.14. The molecule has 182 valence electrons. The van der Waals surface area contributed by atoms with Crippen molar-refractivity contribution in [3.8, 4) is 0 Å². The number of nitrogens with one attached hydrogen (secondary N) is 1. The lowest BCUT2D eigenvalue weighted by atomic mass is 10.1. The largest absolute Gasteiger partial charge is 0.465 e. The number of ether oxygens (including phenoxy) is 2. The maximum atomic E-state index is 13.4. The average molecular weight is 561 g/mol. The number of carbonyl (C=O) groups is 3. The van der Waals surface area contributed by atoms with Crippen molar-refractivity contribution in [1.29, 1.82) is 0 Å². The van der Waals surface area contributed by atoms with Crippen molar-refractivity contribution in [2.24, 2.45) is 0 Å². The molecule has 11 heteroatoms. The maximum Gasteiger partial charge on any atom is 0.337 e. The molecular formula is C24H21BrN2O7S. The molecule has 0 aliphatic rings. The summed E-state index contributed by atoms with van der Waals surface area (Å²) in [4.78, 5) is 37.0. The maximum absolute atomic E-state index is 13.4. The minimum atomic E-state index is -4.10. The Balaban J connectivity index is 1.96. The van der Waals surface area contributed by atoms with Gasteiger partial charge in [-0.1, -0.05) is 34.1 Å². The number of amides is 1. The number of methoxy groups -OCH3 is 2. The quantitative estimate of drug-likeness (QED) is 0.415. The number of hydrogen-bond donors (Lipinski definition) is 1. The highest BCUT2D eigenvalue weighted by Gasteiger charge is 2.27. The molecule has 0 saturated carbocycles. The van der Waals surface area contributed by atoms with E-state index in [0.717, 1.165) is 8.78 Å². The van der Waals surface area contributed by atoms with E-state index in [1.165, 1.54) is 44.6 Å². The van der Waals surface area contributed by atoms with Gasteiger partial charge < -0.3 is 14.8 Å². The second-order valence-electron chi connectivity index (χ2n) is 7.13. The van der Waals surface area contributed by atoms with E-state index in [1.54, 1.807) is 42.5 Å². The molecule has 0 unspecified atom stereocenters. The Labute approximate surface area is 210 Å². The summed E-state index contributed by atoms with van der Waals surface area (Å²) < 4.78 is 37.9. The molecule has 3 aromatic rings. The Bertz CT molecular complexity index is 1310. The average Bonchev–Trinajstić information content (AvgIpc) is 2.87. The predicted molar refractivity (Wildman–Crippen MR) is 133 cm³/mol. The number of anilines is 2. The SMILES string of the molecule is COC(=O)c1cc(NC(=O)CN(c2ccc(Br)cc2)S(=O)(=O)c2ccccc2)cc(C(=O)OC)c1. The molecule has 0 aliphatic heterocycles. The van der Waals surface area contributed by atoms with Gasteiger partial charge in [0.15, 0.2) is 0 Å². The van der Waals surface area contributed by atoms with Crippen molar-refractivity contribution < 1.29 is 32.3 Å². The number of rotatable bonds is 8. The molecule has 0 spiro atoms. The van der Waals surface area contributed by atoms with Gasteiger partial charge in [0.25, 0.3) is 10.0 Å². The van der Waals surface area contributed by atoms with Gasteiger partial charge in [-0.05, 0) is 54.6 Å². The molecule has 0 saturated heterocycles. The Hall–Kier alpha value is -3.70. The third-order valence-electron chi connectivity index (χ3n) is 4.79. The number of sulfonamides is 1. The molecule has 0 bridgehead atoms. The number of hydrogen-bond acceptors (Lipinski definition) is 7. The summed E-state index contributed by atoms with van der Waals surface area (Å²) in [6, 6.07) is 18.0. The topological polar surface area (TPSA) is 119 Å². The zero-order valence-electron chi connectivity index (χ0n) is 18.7. The van der Waals surface area contributed by atoms with Crippen LogP contribution in [0.2, 0.25) is 0 Å². The number of carbonyl (C=O) groups excluding carboxylic acids is 3. The molecule has 1 N–H and O–H groups in total. The van der Waals surface area contributed by atoms with E-state index in [1.807, 2.05) is 0 Å². The van der Waals surface area contributed by atoms with Crippen molar-refractivity contribution in [3.05, 3.63) is 88.4 Å². The fourth-order valence-corrected chi connectivity index (χ4v) is 4.85. The molecule has 0 aliphatic carbocycles. The van der Waals surface area contributed by atoms with E-state index >= 15 is 0 Å². The van der Waals surface area contributed by atoms with E-state index in [9.17, 15) is 22.8 Å². The molecule has 0 heterocycles. The van der Waals surface area contributed by atoms with Crippen LogP contribution in [-0.2, 0) is 24.3 Å². The summed E-state index contributed by atoms with van der Waals surface area (Å²) in [5, 5.41) is 2.55. The lowest BCUT2D eigenvalue weighted by Gasteiger charge is -2.24. The van der Waals surface area contributed by atoms with Crippen LogP contribution in [0.4, 0.5) is 11.4 Å². The summed E-state index contributed by atoms with van der Waals surface area (Å²) in [5.74, 6) is -2.16. The second kappa shape index (κ2) is 11.2. The highest BCUT2D eigenvalue weighted by Crippen LogP contribution is 2.26. The van der Waals surface area contributed by atoms with Crippen LogP contribution in [0.3, 0.4) is 0 Å². The molecule has 1 amide bonds. The Morgan fingerprint density at radius 1 is 0.857 bits per heavy atom. The van der Waals surface area contributed by atoms with Crippen LogP contribution < -0.4 is 9.62 Å². The van der Waals surface area contributed by atoms with E-state index in [-0.39, 0.29) is 27.4 Å². The summed E-state index contributed by atoms with van der Waals surface area (Å²) in [6.07, 6.45) is 0. The Morgan fingerprint density at radius 2 is 1.40 bits per heavy atom. The lowest BCUT2D eigenvalue weighted by Crippen LogP contribution is -2.38. The predicted octanol–water partition coefficient (Wildman–Crippen LogP) is 3.86. The van der Waals surface area contributed by atoms with Crippen molar-refractivity contribution in [2.45, 2.75) is 4.90 Å². The van der Waals surface area contributed by atoms with Crippen LogP contribution in [0.5, 0.6) is 0 Å². The summed E-state index contributed by atoms with van der Waals surface area (Å²) in [7, 11) is -1.74. The van der Waals surface area contributed by atoms with Gasteiger partial charge in [0.05, 0.1) is 35.9 Å². The highest BCUT2D eigenvalue weighted by atomic mass is 79.9. The van der Waals surface area contributed by atoms with Gasteiger partial charge in [0.2, 0.25) is 5.91 Å². The van der Waals surface area contributed by atoms with Crippen molar-refractivity contribution in [2.75, 3.05) is 30.4 Å². The van der Waals surface area contributed by atoms with Crippen LogP contribution in [0.15, 0.2) is 82.2 Å². The monoisotopic (exact) mass is 560 g/mol. The third kappa shape index (κ3) is 6.25. The minimum absolute atomic E-state index is 0.00683. The van der Waals surface area contributed by atoms with Crippen LogP contribution >= 0.6 is 15.9 Å². The van der Waals surface area contributed by atoms with Crippen LogP contribution in [0.1, 0.15) is 20.7 Å². The number of benzene rings is 3. The van der Waals surface area contributed by atoms with E-state index < -0.39 is 34.4 Å². The Morgan fingerprint density at radius 3 is 1.91 bits per heavy atom. The first-order valence-corrected chi connectivity index (χ1v) is 12.3. The molecule has 0 aromatic heterocycles. The van der Waals surface area contributed by atoms with Crippen molar-refractivity contribution in [1.82, 2.24) is 0 Å². The van der Waals surface area contributed by atoms with Crippen LogP contribution in [-0.4, -0.2) is 47.0 Å². The van der Waals surface area contributed by atoms with Crippen LogP contribution in [0, 0.1) is 0 Å². The lowest BCUT2D eigenvalue weighted by molar-refractivity contribution is -0.114. The molecule has 0 atom stereocenters. The highest BCUT2D eigenvalue weighted by molar-refractivity contribution is 9.10. The molecule has 0 radical (unpaired) electrons. The van der Waals surface area contributed by atoms with E-state index in [2.05, 4.69) is 21.2 Å². The summed E-state index contributed by atoms with van der Waals surface area (Å²) in [5.41, 5.74) is 0.372. The first kappa shape index (κ1) is 25.9. The molecule has 9 nitrogen and oxygen atoms in total. The van der Waals surface area contributed by atoms with Gasteiger partial charge in [0.1, 0.15) is 6.54 Å². The minimum Gasteiger partial charge on any atom is -0.465 e. The van der Waals surface area contributed by atoms with Crippen LogP contribution in [0.25, 0.3) is 0 Å². The smallest absolute Gasteiger partial charge is 0.337 e. The van der Waals surface area contributed by atoms with Gasteiger partial charge >= 0.3 is 11.9 Å². The zero-order valence-corrected chi connectivity index (χ0v) is 21.1. The standard InChI is InChI=1S/C24H21BrN2O7S/c1-33-23(29)16-12-17(24(30)34-2)14-19(13-16)26-22(28)15-27(20-10-8-18(25)9-11-20)35(31,32)21-6-4-3-5-7-21/h3-14H,15H2,1-2H3,(H,26,28). The van der Waals surface area contributed by atoms with E-state index in [0.29, 0.717) is 0 Å². The Kier molecular flexibility index (Phi) is 8.26. The summed E-state index contributed by atoms with van der Waals surface area (Å²) in [6.45, 7) is -0.575. The van der Waals surface area contributed by atoms with Gasteiger partial charge in [-0.3, -0.25) is 9.10 Å². The molecule has 0 fully saturated rings. The molecule has 3 aromatic carbocycles. The fraction of sp³-hybridized carbons (Fsp3) is 0.125.